The van der Waals surface area contributed by atoms with Crippen molar-refractivity contribution >= 4 is 6.29 Å². The van der Waals surface area contributed by atoms with Crippen LogP contribution < -0.4 is 0 Å². The van der Waals surface area contributed by atoms with Gasteiger partial charge >= 0.3 is 0 Å². The average molecular weight is 166 g/mol. The summed E-state index contributed by atoms with van der Waals surface area (Å²) in [6, 6.07) is 3.32. The van der Waals surface area contributed by atoms with E-state index in [1.807, 2.05) is 6.92 Å². The van der Waals surface area contributed by atoms with Gasteiger partial charge in [0.15, 0.2) is 6.29 Å². The van der Waals surface area contributed by atoms with Crippen LogP contribution in [0.4, 0.5) is 4.39 Å². The first-order valence-electron chi connectivity index (χ1n) is 3.93. The highest BCUT2D eigenvalue weighted by Crippen LogP contribution is 2.15. The summed E-state index contributed by atoms with van der Waals surface area (Å²) in [6.07, 6.45) is 1.34. The molecule has 0 radical (unpaired) electrons. The highest BCUT2D eigenvalue weighted by Gasteiger charge is 2.06. The van der Waals surface area contributed by atoms with E-state index in [1.54, 1.807) is 13.0 Å². The smallest absolute Gasteiger partial charge is 0.153 e. The molecular formula is C10H11FO. The van der Waals surface area contributed by atoms with Crippen molar-refractivity contribution in [1.82, 2.24) is 0 Å². The molecule has 1 aromatic rings. The molecular weight excluding hydrogens is 155 g/mol. The molecule has 64 valence electrons. The largest absolute Gasteiger partial charge is 0.298 e. The summed E-state index contributed by atoms with van der Waals surface area (Å²) in [5, 5.41) is 0. The number of rotatable bonds is 2. The van der Waals surface area contributed by atoms with Crippen LogP contribution in [-0.2, 0) is 6.42 Å². The molecule has 2 heteroatoms. The summed E-state index contributed by atoms with van der Waals surface area (Å²) < 4.78 is 13.2. The summed E-state index contributed by atoms with van der Waals surface area (Å²) in [6.45, 7) is 3.66. The van der Waals surface area contributed by atoms with Gasteiger partial charge in [-0.15, -0.1) is 0 Å². The van der Waals surface area contributed by atoms with E-state index in [0.717, 1.165) is 12.0 Å². The molecule has 0 N–H and O–H groups in total. The summed E-state index contributed by atoms with van der Waals surface area (Å²) in [4.78, 5) is 10.3. The minimum atomic E-state index is -0.385. The van der Waals surface area contributed by atoms with Crippen LogP contribution >= 0.6 is 0 Å². The molecule has 0 atom stereocenters. The SMILES string of the molecule is CCc1ccc(C=O)c(F)c1C. The minimum Gasteiger partial charge on any atom is -0.298 e. The molecule has 0 saturated carbocycles. The van der Waals surface area contributed by atoms with Gasteiger partial charge in [0.1, 0.15) is 5.82 Å². The first kappa shape index (κ1) is 8.91. The molecule has 0 amide bonds. The number of benzene rings is 1. The Kier molecular flexibility index (Phi) is 2.58. The predicted octanol–water partition coefficient (Wildman–Crippen LogP) is 2.51. The summed E-state index contributed by atoms with van der Waals surface area (Å²) in [5.41, 5.74) is 1.69. The van der Waals surface area contributed by atoms with E-state index in [9.17, 15) is 9.18 Å². The van der Waals surface area contributed by atoms with Crippen LogP contribution in [0.3, 0.4) is 0 Å². The molecule has 0 spiro atoms. The number of hydrogen-bond acceptors (Lipinski definition) is 1. The standard InChI is InChI=1S/C10H11FO/c1-3-8-4-5-9(6-12)10(11)7(8)2/h4-6H,3H2,1-2H3. The molecule has 1 rings (SSSR count). The van der Waals surface area contributed by atoms with Crippen LogP contribution in [0.25, 0.3) is 0 Å². The third-order valence-electron chi connectivity index (χ3n) is 2.04. The van der Waals surface area contributed by atoms with Crippen LogP contribution in [0.15, 0.2) is 12.1 Å². The van der Waals surface area contributed by atoms with E-state index in [0.29, 0.717) is 11.8 Å². The number of aryl methyl sites for hydroxylation is 1. The van der Waals surface area contributed by atoms with E-state index in [1.165, 1.54) is 6.07 Å². The molecule has 0 heterocycles. The Labute approximate surface area is 71.2 Å². The van der Waals surface area contributed by atoms with Crippen molar-refractivity contribution in [3.63, 3.8) is 0 Å². The third-order valence-corrected chi connectivity index (χ3v) is 2.04. The van der Waals surface area contributed by atoms with Gasteiger partial charge in [0.05, 0.1) is 5.56 Å². The van der Waals surface area contributed by atoms with Crippen molar-refractivity contribution < 1.29 is 9.18 Å². The maximum Gasteiger partial charge on any atom is 0.153 e. The molecule has 0 aliphatic heterocycles. The molecule has 12 heavy (non-hydrogen) atoms. The Hall–Kier alpha value is -1.18. The Morgan fingerprint density at radius 2 is 2.17 bits per heavy atom. The van der Waals surface area contributed by atoms with E-state index in [2.05, 4.69) is 0 Å². The molecule has 0 fully saturated rings. The van der Waals surface area contributed by atoms with Crippen LogP contribution in [0, 0.1) is 12.7 Å². The molecule has 0 aromatic heterocycles. The second-order valence-electron chi connectivity index (χ2n) is 2.72. The lowest BCUT2D eigenvalue weighted by molar-refractivity contribution is 0.111. The lowest BCUT2D eigenvalue weighted by Gasteiger charge is -2.04. The monoisotopic (exact) mass is 166 g/mol. The topological polar surface area (TPSA) is 17.1 Å². The van der Waals surface area contributed by atoms with Crippen molar-refractivity contribution in [2.75, 3.05) is 0 Å². The highest BCUT2D eigenvalue weighted by molar-refractivity contribution is 5.75. The maximum atomic E-state index is 13.2. The fourth-order valence-electron chi connectivity index (χ4n) is 1.22. The Balaban J connectivity index is 3.29. The number of carbonyl (C=O) groups excluding carboxylic acids is 1. The highest BCUT2D eigenvalue weighted by atomic mass is 19.1. The molecule has 0 aliphatic rings. The lowest BCUT2D eigenvalue weighted by atomic mass is 10.0. The zero-order valence-corrected chi connectivity index (χ0v) is 7.23. The second kappa shape index (κ2) is 3.48. The van der Waals surface area contributed by atoms with Gasteiger partial charge in [-0.3, -0.25) is 4.79 Å². The first-order valence-corrected chi connectivity index (χ1v) is 3.93. The van der Waals surface area contributed by atoms with Crippen LogP contribution in [0.1, 0.15) is 28.4 Å². The summed E-state index contributed by atoms with van der Waals surface area (Å²) in [7, 11) is 0. The van der Waals surface area contributed by atoms with Gasteiger partial charge in [0.2, 0.25) is 0 Å². The Bertz CT molecular complexity index is 305. The zero-order chi connectivity index (χ0) is 9.14. The second-order valence-corrected chi connectivity index (χ2v) is 2.72. The number of hydrogen-bond donors (Lipinski definition) is 0. The van der Waals surface area contributed by atoms with Crippen molar-refractivity contribution in [1.29, 1.82) is 0 Å². The van der Waals surface area contributed by atoms with Gasteiger partial charge in [0, 0.05) is 0 Å². The van der Waals surface area contributed by atoms with Crippen LogP contribution in [-0.4, -0.2) is 6.29 Å². The molecule has 0 unspecified atom stereocenters. The normalized spacial score (nSPS) is 9.92. The fourth-order valence-corrected chi connectivity index (χ4v) is 1.22. The lowest BCUT2D eigenvalue weighted by Crippen LogP contribution is -1.96. The van der Waals surface area contributed by atoms with Gasteiger partial charge < -0.3 is 0 Å². The van der Waals surface area contributed by atoms with Crippen LogP contribution in [0.2, 0.25) is 0 Å². The minimum absolute atomic E-state index is 0.143. The quantitative estimate of drug-likeness (QED) is 0.617. The predicted molar refractivity (Wildman–Crippen MR) is 45.9 cm³/mol. The summed E-state index contributed by atoms with van der Waals surface area (Å²) in [5.74, 6) is -0.385. The molecule has 0 saturated heterocycles. The van der Waals surface area contributed by atoms with Crippen molar-refractivity contribution in [2.24, 2.45) is 0 Å². The van der Waals surface area contributed by atoms with Crippen molar-refractivity contribution in [3.8, 4) is 0 Å². The molecule has 1 aromatic carbocycles. The van der Waals surface area contributed by atoms with Crippen molar-refractivity contribution in [3.05, 3.63) is 34.6 Å². The first-order chi connectivity index (χ1) is 5.70. The molecule has 0 aliphatic carbocycles. The van der Waals surface area contributed by atoms with E-state index < -0.39 is 0 Å². The number of aldehydes is 1. The van der Waals surface area contributed by atoms with E-state index >= 15 is 0 Å². The Morgan fingerprint density at radius 3 is 2.67 bits per heavy atom. The van der Waals surface area contributed by atoms with Crippen molar-refractivity contribution in [2.45, 2.75) is 20.3 Å². The van der Waals surface area contributed by atoms with E-state index in [4.69, 9.17) is 0 Å². The number of halogens is 1. The number of carbonyl (C=O) groups is 1. The average Bonchev–Trinajstić information content (AvgIpc) is 2.10. The molecule has 1 nitrogen and oxygen atoms in total. The van der Waals surface area contributed by atoms with Crippen LogP contribution in [0.5, 0.6) is 0 Å². The molecule has 0 bridgehead atoms. The third kappa shape index (κ3) is 1.37. The van der Waals surface area contributed by atoms with E-state index in [-0.39, 0.29) is 11.4 Å². The van der Waals surface area contributed by atoms with Gasteiger partial charge in [0.25, 0.3) is 0 Å². The zero-order valence-electron chi connectivity index (χ0n) is 7.23. The van der Waals surface area contributed by atoms with Gasteiger partial charge in [-0.2, -0.15) is 0 Å². The maximum absolute atomic E-state index is 13.2. The Morgan fingerprint density at radius 1 is 1.50 bits per heavy atom. The fraction of sp³-hybridized carbons (Fsp3) is 0.300. The summed E-state index contributed by atoms with van der Waals surface area (Å²) >= 11 is 0. The van der Waals surface area contributed by atoms with Gasteiger partial charge in [-0.1, -0.05) is 13.0 Å². The van der Waals surface area contributed by atoms with Gasteiger partial charge in [-0.25, -0.2) is 4.39 Å². The van der Waals surface area contributed by atoms with Gasteiger partial charge in [-0.05, 0) is 30.5 Å².